The summed E-state index contributed by atoms with van der Waals surface area (Å²) in [4.78, 5) is 0. The molecule has 0 atom stereocenters. The van der Waals surface area contributed by atoms with Crippen molar-refractivity contribution in [2.75, 3.05) is 34.3 Å². The molecule has 222 valence electrons. The molecule has 0 aliphatic rings. The predicted octanol–water partition coefficient (Wildman–Crippen LogP) is 2.79. The van der Waals surface area contributed by atoms with Crippen LogP contribution in [0.1, 0.15) is 155 Å². The molecule has 0 N–H and O–H groups in total. The molecule has 5 nitrogen and oxygen atoms in total. The Bertz CT molecular complexity index is 517. The summed E-state index contributed by atoms with van der Waals surface area (Å²) in [6.45, 7) is 5.86. The van der Waals surface area contributed by atoms with Crippen molar-refractivity contribution in [2.45, 2.75) is 155 Å². The van der Waals surface area contributed by atoms with E-state index in [0.717, 1.165) is 17.3 Å². The SMILES string of the molecule is CCCCCCCCCCCCCC[N+](C)(C)C.CCCCCCCCCCCCOS(=O)(=O)[O-].[Br-].[Li+]. The number of unbranched alkanes of at least 4 members (excludes halogenated alkanes) is 20. The van der Waals surface area contributed by atoms with Crippen LogP contribution < -0.4 is 35.8 Å². The minimum atomic E-state index is -4.48. The molecule has 0 rings (SSSR count). The van der Waals surface area contributed by atoms with Gasteiger partial charge in [-0.2, -0.15) is 0 Å². The van der Waals surface area contributed by atoms with Gasteiger partial charge in [0.15, 0.2) is 0 Å². The average Bonchev–Trinajstić information content (AvgIpc) is 2.77. The number of rotatable bonds is 25. The monoisotopic (exact) mass is 607 g/mol. The Morgan fingerprint density at radius 3 is 1.08 bits per heavy atom. The van der Waals surface area contributed by atoms with Gasteiger partial charge in [0.05, 0.1) is 34.3 Å². The summed E-state index contributed by atoms with van der Waals surface area (Å²) in [5, 5.41) is 0. The molecular weight excluding hydrogens is 545 g/mol. The Morgan fingerprint density at radius 1 is 0.541 bits per heavy atom. The number of halogens is 1. The number of hydrogen-bond acceptors (Lipinski definition) is 4. The minimum absolute atomic E-state index is 0. The van der Waals surface area contributed by atoms with Gasteiger partial charge in [-0.3, -0.25) is 4.18 Å². The van der Waals surface area contributed by atoms with E-state index in [1.54, 1.807) is 0 Å². The van der Waals surface area contributed by atoms with Gasteiger partial charge in [-0.15, -0.1) is 0 Å². The first kappa shape index (κ1) is 44.9. The van der Waals surface area contributed by atoms with Gasteiger partial charge in [-0.05, 0) is 19.3 Å². The van der Waals surface area contributed by atoms with Crippen LogP contribution in [0.5, 0.6) is 0 Å². The number of quaternary nitrogens is 1. The molecule has 0 spiro atoms. The average molecular weight is 609 g/mol. The smallest absolute Gasteiger partial charge is 1.00 e. The van der Waals surface area contributed by atoms with Crippen molar-refractivity contribution < 1.29 is 57.5 Å². The van der Waals surface area contributed by atoms with Crippen molar-refractivity contribution in [3.8, 4) is 0 Å². The second-order valence-corrected chi connectivity index (χ2v) is 12.4. The van der Waals surface area contributed by atoms with Gasteiger partial charge >= 0.3 is 18.9 Å². The van der Waals surface area contributed by atoms with E-state index in [0.29, 0.717) is 6.42 Å². The first-order chi connectivity index (χ1) is 16.6. The maximum absolute atomic E-state index is 10.1. The van der Waals surface area contributed by atoms with Crippen LogP contribution in [0.4, 0.5) is 0 Å². The first-order valence-corrected chi connectivity index (χ1v) is 16.4. The van der Waals surface area contributed by atoms with Crippen molar-refractivity contribution in [1.29, 1.82) is 0 Å². The molecule has 0 aromatic carbocycles. The third-order valence-electron chi connectivity index (χ3n) is 6.41. The van der Waals surface area contributed by atoms with E-state index in [1.807, 2.05) is 0 Å². The van der Waals surface area contributed by atoms with Gasteiger partial charge in [0, 0.05) is 0 Å². The fourth-order valence-electron chi connectivity index (χ4n) is 4.18. The van der Waals surface area contributed by atoms with Crippen LogP contribution in [0, 0.1) is 0 Å². The quantitative estimate of drug-likeness (QED) is 0.0526. The van der Waals surface area contributed by atoms with E-state index in [9.17, 15) is 13.0 Å². The van der Waals surface area contributed by atoms with Crippen LogP contribution >= 0.6 is 0 Å². The molecular formula is C29H63BrLiNO4S. The summed E-state index contributed by atoms with van der Waals surface area (Å²) >= 11 is 0. The zero-order valence-electron chi connectivity index (χ0n) is 25.8. The topological polar surface area (TPSA) is 66.4 Å². The third kappa shape index (κ3) is 50.3. The van der Waals surface area contributed by atoms with Crippen LogP contribution in [-0.2, 0) is 14.6 Å². The second-order valence-electron chi connectivity index (χ2n) is 11.3. The molecule has 0 heterocycles. The van der Waals surface area contributed by atoms with E-state index in [-0.39, 0.29) is 42.4 Å². The maximum atomic E-state index is 10.1. The van der Waals surface area contributed by atoms with E-state index >= 15 is 0 Å². The van der Waals surface area contributed by atoms with E-state index in [4.69, 9.17) is 0 Å². The van der Waals surface area contributed by atoms with E-state index in [2.05, 4.69) is 39.2 Å². The first-order valence-electron chi connectivity index (χ1n) is 15.0. The summed E-state index contributed by atoms with van der Waals surface area (Å²) < 4.78 is 35.6. The van der Waals surface area contributed by atoms with Gasteiger partial charge in [0.2, 0.25) is 10.4 Å². The molecule has 8 heteroatoms. The molecule has 0 unspecified atom stereocenters. The molecule has 0 saturated carbocycles. The van der Waals surface area contributed by atoms with Crippen LogP contribution in [0.15, 0.2) is 0 Å². The van der Waals surface area contributed by atoms with Crippen LogP contribution in [-0.4, -0.2) is 51.7 Å². The van der Waals surface area contributed by atoms with E-state index < -0.39 is 10.4 Å². The Kier molecular flexibility index (Phi) is 40.2. The van der Waals surface area contributed by atoms with Gasteiger partial charge in [-0.25, -0.2) is 8.42 Å². The van der Waals surface area contributed by atoms with Gasteiger partial charge in [-0.1, -0.05) is 136 Å². The Hall–Kier alpha value is 0.907. The molecule has 0 aliphatic heterocycles. The third-order valence-corrected chi connectivity index (χ3v) is 6.86. The molecule has 0 saturated heterocycles. The predicted molar refractivity (Wildman–Crippen MR) is 151 cm³/mol. The summed E-state index contributed by atoms with van der Waals surface area (Å²) in [7, 11) is 2.39. The Labute approximate surface area is 256 Å². The van der Waals surface area contributed by atoms with Gasteiger partial charge < -0.3 is 26.0 Å². The molecule has 0 aromatic rings. The zero-order valence-corrected chi connectivity index (χ0v) is 28.2. The van der Waals surface area contributed by atoms with Gasteiger partial charge in [0.1, 0.15) is 0 Å². The van der Waals surface area contributed by atoms with Crippen LogP contribution in [0.2, 0.25) is 0 Å². The van der Waals surface area contributed by atoms with Crippen molar-refractivity contribution in [2.24, 2.45) is 0 Å². The summed E-state index contributed by atoms with van der Waals surface area (Å²) in [6, 6.07) is 0. The largest absolute Gasteiger partial charge is 1.00 e. The molecule has 0 radical (unpaired) electrons. The standard InChI is InChI=1S/C17H38N.C12H26O4S.BrH.Li/c1-5-6-7-8-9-10-11-12-13-14-15-16-17-18(2,3)4;1-2-3-4-5-6-7-8-9-10-11-12-16-17(13,14)15;;/h5-17H2,1-4H3;2-12H2,1H3,(H,13,14,15);1H;/q+1;;;+1/p-2. The number of nitrogens with zero attached hydrogens (tertiary/aromatic N) is 1. The van der Waals surface area contributed by atoms with Crippen molar-refractivity contribution in [3.63, 3.8) is 0 Å². The van der Waals surface area contributed by atoms with Crippen molar-refractivity contribution in [1.82, 2.24) is 0 Å². The summed E-state index contributed by atoms with van der Waals surface area (Å²) in [6.07, 6.45) is 29.1. The number of hydrogen-bond donors (Lipinski definition) is 0. The minimum Gasteiger partial charge on any atom is -1.00 e. The second kappa shape index (κ2) is 33.1. The summed E-state index contributed by atoms with van der Waals surface area (Å²) in [5.41, 5.74) is 0. The molecule has 0 fully saturated rings. The normalized spacial score (nSPS) is 11.3. The molecule has 0 aliphatic carbocycles. The fourth-order valence-corrected chi connectivity index (χ4v) is 4.50. The van der Waals surface area contributed by atoms with Crippen LogP contribution in [0.3, 0.4) is 0 Å². The van der Waals surface area contributed by atoms with E-state index in [1.165, 1.54) is 129 Å². The van der Waals surface area contributed by atoms with Gasteiger partial charge in [0.25, 0.3) is 0 Å². The fraction of sp³-hybridized carbons (Fsp3) is 1.00. The molecule has 37 heavy (non-hydrogen) atoms. The van der Waals surface area contributed by atoms with Crippen LogP contribution in [0.25, 0.3) is 0 Å². The zero-order chi connectivity index (χ0) is 26.7. The maximum Gasteiger partial charge on any atom is 1.00 e. The van der Waals surface area contributed by atoms with Crippen molar-refractivity contribution >= 4 is 10.4 Å². The molecule has 0 bridgehead atoms. The molecule has 0 amide bonds. The Morgan fingerprint density at radius 2 is 0.811 bits per heavy atom. The summed E-state index contributed by atoms with van der Waals surface area (Å²) in [5.74, 6) is 0. The molecule has 0 aromatic heterocycles. The van der Waals surface area contributed by atoms with Crippen molar-refractivity contribution in [3.05, 3.63) is 0 Å². The Balaban J connectivity index is -0.000000280.